The van der Waals surface area contributed by atoms with E-state index >= 15 is 0 Å². The lowest BCUT2D eigenvalue weighted by molar-refractivity contribution is -0.137. The maximum Gasteiger partial charge on any atom is 0.303 e. The van der Waals surface area contributed by atoms with Crippen LogP contribution in [0.1, 0.15) is 25.3 Å². The molecule has 1 unspecified atom stereocenters. The molecule has 0 heterocycles. The van der Waals surface area contributed by atoms with Gasteiger partial charge in [0.1, 0.15) is 0 Å². The van der Waals surface area contributed by atoms with Crippen molar-refractivity contribution in [3.05, 3.63) is 29.8 Å². The number of rotatable bonds is 7. The van der Waals surface area contributed by atoms with Crippen molar-refractivity contribution in [1.29, 1.82) is 0 Å². The Morgan fingerprint density at radius 1 is 1.33 bits per heavy atom. The van der Waals surface area contributed by atoms with E-state index in [0.29, 0.717) is 6.42 Å². The van der Waals surface area contributed by atoms with E-state index in [1.165, 1.54) is 5.56 Å². The molecule has 4 nitrogen and oxygen atoms in total. The number of nitrogens with one attached hydrogen (secondary N) is 1. The fourth-order valence-electron chi connectivity index (χ4n) is 1.77. The van der Waals surface area contributed by atoms with Crippen LogP contribution in [-0.4, -0.2) is 36.1 Å². The Hall–Kier alpha value is -1.55. The Bertz CT molecular complexity index is 374. The summed E-state index contributed by atoms with van der Waals surface area (Å²) in [6.07, 6.45) is 0.835. The SMILES string of the molecule is CC(CCC(=O)O)Nc1ccc(CN(C)C)cc1. The van der Waals surface area contributed by atoms with Gasteiger partial charge in [0, 0.05) is 24.7 Å². The summed E-state index contributed by atoms with van der Waals surface area (Å²) in [5, 5.41) is 11.9. The number of carboxylic acids is 1. The van der Waals surface area contributed by atoms with Crippen LogP contribution in [-0.2, 0) is 11.3 Å². The van der Waals surface area contributed by atoms with Crippen molar-refractivity contribution in [2.75, 3.05) is 19.4 Å². The summed E-state index contributed by atoms with van der Waals surface area (Å²) < 4.78 is 0. The first kappa shape index (κ1) is 14.5. The van der Waals surface area contributed by atoms with Gasteiger partial charge < -0.3 is 15.3 Å². The van der Waals surface area contributed by atoms with Gasteiger partial charge in [-0.25, -0.2) is 0 Å². The first-order valence-electron chi connectivity index (χ1n) is 6.19. The van der Waals surface area contributed by atoms with Crippen molar-refractivity contribution in [3.63, 3.8) is 0 Å². The summed E-state index contributed by atoms with van der Waals surface area (Å²) in [6.45, 7) is 2.92. The minimum atomic E-state index is -0.745. The van der Waals surface area contributed by atoms with Crippen molar-refractivity contribution in [2.45, 2.75) is 32.4 Å². The maximum atomic E-state index is 10.5. The average Bonchev–Trinajstić information content (AvgIpc) is 2.28. The van der Waals surface area contributed by atoms with Gasteiger partial charge in [0.15, 0.2) is 0 Å². The fraction of sp³-hybridized carbons (Fsp3) is 0.500. The van der Waals surface area contributed by atoms with E-state index in [0.717, 1.165) is 12.2 Å². The molecular weight excluding hydrogens is 228 g/mol. The molecule has 0 amide bonds. The Balaban J connectivity index is 2.45. The quantitative estimate of drug-likeness (QED) is 0.780. The summed E-state index contributed by atoms with van der Waals surface area (Å²) in [5.41, 5.74) is 2.30. The number of benzene rings is 1. The predicted molar refractivity (Wildman–Crippen MR) is 73.8 cm³/mol. The Morgan fingerprint density at radius 3 is 2.44 bits per heavy atom. The molecule has 1 aromatic rings. The molecule has 2 N–H and O–H groups in total. The van der Waals surface area contributed by atoms with Gasteiger partial charge in [-0.2, -0.15) is 0 Å². The molecule has 0 saturated carbocycles. The number of hydrogen-bond acceptors (Lipinski definition) is 3. The van der Waals surface area contributed by atoms with Gasteiger partial charge in [-0.05, 0) is 45.1 Å². The molecule has 4 heteroatoms. The average molecular weight is 250 g/mol. The molecule has 1 atom stereocenters. The first-order valence-corrected chi connectivity index (χ1v) is 6.19. The molecule has 0 radical (unpaired) electrons. The van der Waals surface area contributed by atoms with E-state index in [9.17, 15) is 4.79 Å². The van der Waals surface area contributed by atoms with Crippen LogP contribution in [0.2, 0.25) is 0 Å². The summed E-state index contributed by atoms with van der Waals surface area (Å²) in [6, 6.07) is 8.42. The fourth-order valence-corrected chi connectivity index (χ4v) is 1.77. The van der Waals surface area contributed by atoms with Gasteiger partial charge >= 0.3 is 5.97 Å². The smallest absolute Gasteiger partial charge is 0.303 e. The summed E-state index contributed by atoms with van der Waals surface area (Å²) in [4.78, 5) is 12.6. The minimum absolute atomic E-state index is 0.167. The molecule has 0 spiro atoms. The van der Waals surface area contributed by atoms with E-state index in [1.54, 1.807) is 0 Å². The highest BCUT2D eigenvalue weighted by Crippen LogP contribution is 2.13. The zero-order valence-electron chi connectivity index (χ0n) is 11.3. The lowest BCUT2D eigenvalue weighted by Gasteiger charge is -2.15. The normalized spacial score (nSPS) is 12.4. The van der Waals surface area contributed by atoms with Crippen LogP contribution in [0.5, 0.6) is 0 Å². The van der Waals surface area contributed by atoms with Crippen molar-refractivity contribution >= 4 is 11.7 Å². The second kappa shape index (κ2) is 7.01. The van der Waals surface area contributed by atoms with Crippen LogP contribution >= 0.6 is 0 Å². The summed E-state index contributed by atoms with van der Waals surface area (Å²) in [5.74, 6) is -0.745. The zero-order valence-corrected chi connectivity index (χ0v) is 11.3. The van der Waals surface area contributed by atoms with Gasteiger partial charge in [0.2, 0.25) is 0 Å². The molecule has 1 rings (SSSR count). The molecule has 0 aromatic heterocycles. The molecular formula is C14H22N2O2. The third-order valence-electron chi connectivity index (χ3n) is 2.66. The van der Waals surface area contributed by atoms with Crippen molar-refractivity contribution in [1.82, 2.24) is 4.90 Å². The lowest BCUT2D eigenvalue weighted by atomic mass is 10.1. The Kier molecular flexibility index (Phi) is 5.65. The van der Waals surface area contributed by atoms with E-state index < -0.39 is 5.97 Å². The van der Waals surface area contributed by atoms with Crippen LogP contribution in [0.15, 0.2) is 24.3 Å². The molecule has 1 aromatic carbocycles. The van der Waals surface area contributed by atoms with Crippen LogP contribution in [0.25, 0.3) is 0 Å². The third kappa shape index (κ3) is 5.68. The predicted octanol–water partition coefficient (Wildman–Crippen LogP) is 2.41. The van der Waals surface area contributed by atoms with Crippen LogP contribution in [0.4, 0.5) is 5.69 Å². The summed E-state index contributed by atoms with van der Waals surface area (Å²) >= 11 is 0. The number of aliphatic carboxylic acids is 1. The first-order chi connectivity index (χ1) is 8.47. The van der Waals surface area contributed by atoms with Crippen LogP contribution in [0, 0.1) is 0 Å². The third-order valence-corrected chi connectivity index (χ3v) is 2.66. The van der Waals surface area contributed by atoms with Crippen molar-refractivity contribution in [2.24, 2.45) is 0 Å². The van der Waals surface area contributed by atoms with E-state index in [1.807, 2.05) is 33.2 Å². The highest BCUT2D eigenvalue weighted by atomic mass is 16.4. The lowest BCUT2D eigenvalue weighted by Crippen LogP contribution is -2.16. The number of carbonyl (C=O) groups is 1. The second-order valence-electron chi connectivity index (χ2n) is 4.91. The van der Waals surface area contributed by atoms with Crippen LogP contribution in [0.3, 0.4) is 0 Å². The standard InChI is InChI=1S/C14H22N2O2/c1-11(4-9-14(17)18)15-13-7-5-12(6-8-13)10-16(2)3/h5-8,11,15H,4,9-10H2,1-3H3,(H,17,18). The molecule has 0 aliphatic carbocycles. The molecule has 0 aliphatic heterocycles. The maximum absolute atomic E-state index is 10.5. The zero-order chi connectivity index (χ0) is 13.5. The largest absolute Gasteiger partial charge is 0.481 e. The Morgan fingerprint density at radius 2 is 1.94 bits per heavy atom. The molecule has 0 fully saturated rings. The molecule has 0 bridgehead atoms. The highest BCUT2D eigenvalue weighted by molar-refractivity contribution is 5.66. The number of carboxylic acid groups (broad SMARTS) is 1. The van der Waals surface area contributed by atoms with Crippen molar-refractivity contribution in [3.8, 4) is 0 Å². The van der Waals surface area contributed by atoms with Crippen molar-refractivity contribution < 1.29 is 9.90 Å². The van der Waals surface area contributed by atoms with Gasteiger partial charge in [-0.15, -0.1) is 0 Å². The molecule has 0 aliphatic rings. The van der Waals surface area contributed by atoms with E-state index in [4.69, 9.17) is 5.11 Å². The topological polar surface area (TPSA) is 52.6 Å². The number of anilines is 1. The summed E-state index contributed by atoms with van der Waals surface area (Å²) in [7, 11) is 4.08. The molecule has 18 heavy (non-hydrogen) atoms. The van der Waals surface area contributed by atoms with Gasteiger partial charge in [0.05, 0.1) is 0 Å². The second-order valence-corrected chi connectivity index (χ2v) is 4.91. The Labute approximate surface area is 109 Å². The highest BCUT2D eigenvalue weighted by Gasteiger charge is 2.05. The van der Waals surface area contributed by atoms with Gasteiger partial charge in [-0.1, -0.05) is 12.1 Å². The van der Waals surface area contributed by atoms with E-state index in [-0.39, 0.29) is 12.5 Å². The van der Waals surface area contributed by atoms with Gasteiger partial charge in [-0.3, -0.25) is 4.79 Å². The van der Waals surface area contributed by atoms with Gasteiger partial charge in [0.25, 0.3) is 0 Å². The van der Waals surface area contributed by atoms with Crippen LogP contribution < -0.4 is 5.32 Å². The molecule has 100 valence electrons. The minimum Gasteiger partial charge on any atom is -0.481 e. The number of nitrogens with zero attached hydrogens (tertiary/aromatic N) is 1. The number of hydrogen-bond donors (Lipinski definition) is 2. The van der Waals surface area contributed by atoms with E-state index in [2.05, 4.69) is 22.3 Å². The molecule has 0 saturated heterocycles. The monoisotopic (exact) mass is 250 g/mol.